The number of benzene rings is 1. The van der Waals surface area contributed by atoms with E-state index >= 15 is 0 Å². The summed E-state index contributed by atoms with van der Waals surface area (Å²) in [4.78, 5) is 1.56. The van der Waals surface area contributed by atoms with Gasteiger partial charge in [-0.15, -0.1) is 24.2 Å². The van der Waals surface area contributed by atoms with E-state index in [1.54, 1.807) is 21.6 Å². The maximum Gasteiger partial charge on any atom is 0.0111 e. The first-order valence-corrected chi connectivity index (χ1v) is 7.86. The maximum atomic E-state index is 3.67. The molecule has 0 fully saturated rings. The number of rotatable bonds is 3. The minimum atomic E-state index is 0. The Morgan fingerprint density at radius 1 is 1.22 bits per heavy atom. The molecule has 1 aliphatic heterocycles. The Morgan fingerprint density at radius 3 is 2.94 bits per heavy atom. The zero-order valence-corrected chi connectivity index (χ0v) is 12.6. The van der Waals surface area contributed by atoms with Crippen molar-refractivity contribution in [3.8, 4) is 0 Å². The standard InChI is InChI=1S/C15H21NS.ClH/c1-2-6-16-14-4-3-11-8-12-5-7-17-15(12)10-13(11)9-14;/h8,10,14,16H,2-7,9H2,1H3;1H. The molecule has 3 heteroatoms. The molecule has 1 atom stereocenters. The van der Waals surface area contributed by atoms with E-state index in [1.807, 2.05) is 11.8 Å². The van der Waals surface area contributed by atoms with Gasteiger partial charge in [-0.1, -0.05) is 13.0 Å². The molecular weight excluding hydrogens is 262 g/mol. The summed E-state index contributed by atoms with van der Waals surface area (Å²) in [6.07, 6.45) is 6.35. The first-order valence-electron chi connectivity index (χ1n) is 6.87. The summed E-state index contributed by atoms with van der Waals surface area (Å²) >= 11 is 2.04. The van der Waals surface area contributed by atoms with E-state index in [0.29, 0.717) is 6.04 Å². The molecule has 1 aliphatic carbocycles. The molecule has 18 heavy (non-hydrogen) atoms. The average molecular weight is 284 g/mol. The second-order valence-electron chi connectivity index (χ2n) is 5.22. The van der Waals surface area contributed by atoms with E-state index in [4.69, 9.17) is 0 Å². The van der Waals surface area contributed by atoms with Crippen LogP contribution in [0.1, 0.15) is 36.5 Å². The number of hydrogen-bond acceptors (Lipinski definition) is 2. The highest BCUT2D eigenvalue weighted by Crippen LogP contribution is 2.35. The molecule has 0 radical (unpaired) electrons. The molecule has 0 aromatic heterocycles. The van der Waals surface area contributed by atoms with Crippen molar-refractivity contribution >= 4 is 24.2 Å². The molecule has 1 heterocycles. The van der Waals surface area contributed by atoms with E-state index in [-0.39, 0.29) is 12.4 Å². The largest absolute Gasteiger partial charge is 0.314 e. The molecule has 1 unspecified atom stereocenters. The van der Waals surface area contributed by atoms with Gasteiger partial charge in [-0.2, -0.15) is 0 Å². The summed E-state index contributed by atoms with van der Waals surface area (Å²) in [7, 11) is 0. The van der Waals surface area contributed by atoms with Crippen LogP contribution in [0, 0.1) is 0 Å². The molecule has 1 nitrogen and oxygen atoms in total. The molecule has 2 aliphatic rings. The molecule has 0 saturated heterocycles. The SMILES string of the molecule is CCCNC1CCc2cc3c(cc2C1)SCC3.Cl. The molecule has 100 valence electrons. The Kier molecular flexibility index (Phi) is 4.99. The highest BCUT2D eigenvalue weighted by Gasteiger charge is 2.21. The molecule has 1 aromatic carbocycles. The average Bonchev–Trinajstić information content (AvgIpc) is 2.80. The van der Waals surface area contributed by atoms with Gasteiger partial charge in [0, 0.05) is 16.7 Å². The predicted octanol–water partition coefficient (Wildman–Crippen LogP) is 3.61. The summed E-state index contributed by atoms with van der Waals surface area (Å²) in [5.74, 6) is 1.29. The maximum absolute atomic E-state index is 3.67. The van der Waals surface area contributed by atoms with Gasteiger partial charge in [-0.05, 0) is 61.4 Å². The van der Waals surface area contributed by atoms with Crippen LogP contribution in [0.15, 0.2) is 17.0 Å². The Balaban J connectivity index is 0.00000120. The number of halogens is 1. The van der Waals surface area contributed by atoms with Gasteiger partial charge in [0.1, 0.15) is 0 Å². The third-order valence-electron chi connectivity index (χ3n) is 3.92. The van der Waals surface area contributed by atoms with Crippen LogP contribution in [0.4, 0.5) is 0 Å². The molecule has 1 aromatic rings. The van der Waals surface area contributed by atoms with Gasteiger partial charge in [-0.25, -0.2) is 0 Å². The molecule has 0 amide bonds. The third-order valence-corrected chi connectivity index (χ3v) is 5.02. The Labute approximate surface area is 121 Å². The molecule has 0 spiro atoms. The van der Waals surface area contributed by atoms with Crippen LogP contribution in [-0.2, 0) is 19.3 Å². The summed E-state index contributed by atoms with van der Waals surface area (Å²) in [6, 6.07) is 5.68. The molecule has 0 bridgehead atoms. The van der Waals surface area contributed by atoms with E-state index in [1.165, 1.54) is 44.4 Å². The van der Waals surface area contributed by atoms with Gasteiger partial charge in [0.05, 0.1) is 0 Å². The summed E-state index contributed by atoms with van der Waals surface area (Å²) in [5, 5.41) is 3.67. The van der Waals surface area contributed by atoms with Gasteiger partial charge in [0.15, 0.2) is 0 Å². The highest BCUT2D eigenvalue weighted by atomic mass is 35.5. The molecule has 1 N–H and O–H groups in total. The monoisotopic (exact) mass is 283 g/mol. The van der Waals surface area contributed by atoms with Gasteiger partial charge in [-0.3, -0.25) is 0 Å². The lowest BCUT2D eigenvalue weighted by atomic mass is 9.87. The molecular formula is C15H22ClNS. The van der Waals surface area contributed by atoms with Crippen molar-refractivity contribution in [1.29, 1.82) is 0 Å². The van der Waals surface area contributed by atoms with Crippen molar-refractivity contribution in [3.05, 3.63) is 28.8 Å². The van der Waals surface area contributed by atoms with Crippen molar-refractivity contribution in [3.63, 3.8) is 0 Å². The minimum absolute atomic E-state index is 0. The Bertz CT molecular complexity index is 419. The van der Waals surface area contributed by atoms with Crippen molar-refractivity contribution in [2.75, 3.05) is 12.3 Å². The lowest BCUT2D eigenvalue weighted by Gasteiger charge is -2.26. The number of aryl methyl sites for hydroxylation is 2. The molecule has 0 saturated carbocycles. The number of thioether (sulfide) groups is 1. The first kappa shape index (κ1) is 14.2. The fourth-order valence-corrected chi connectivity index (χ4v) is 4.08. The number of fused-ring (bicyclic) bond motifs is 2. The fraction of sp³-hybridized carbons (Fsp3) is 0.600. The minimum Gasteiger partial charge on any atom is -0.314 e. The van der Waals surface area contributed by atoms with E-state index in [0.717, 1.165) is 0 Å². The van der Waals surface area contributed by atoms with Crippen molar-refractivity contribution in [1.82, 2.24) is 5.32 Å². The molecule has 3 rings (SSSR count). The summed E-state index contributed by atoms with van der Waals surface area (Å²) < 4.78 is 0. The second-order valence-corrected chi connectivity index (χ2v) is 6.36. The lowest BCUT2D eigenvalue weighted by molar-refractivity contribution is 0.458. The number of hydrogen-bond donors (Lipinski definition) is 1. The van der Waals surface area contributed by atoms with Crippen LogP contribution >= 0.6 is 24.2 Å². The quantitative estimate of drug-likeness (QED) is 0.909. The van der Waals surface area contributed by atoms with Gasteiger partial charge < -0.3 is 5.32 Å². The van der Waals surface area contributed by atoms with E-state index in [9.17, 15) is 0 Å². The normalized spacial score (nSPS) is 21.1. The third kappa shape index (κ3) is 2.87. The van der Waals surface area contributed by atoms with Crippen LogP contribution in [-0.4, -0.2) is 18.3 Å². The van der Waals surface area contributed by atoms with E-state index < -0.39 is 0 Å². The van der Waals surface area contributed by atoms with Crippen LogP contribution in [0.3, 0.4) is 0 Å². The number of nitrogens with one attached hydrogen (secondary N) is 1. The lowest BCUT2D eigenvalue weighted by Crippen LogP contribution is -2.35. The topological polar surface area (TPSA) is 12.0 Å². The zero-order valence-electron chi connectivity index (χ0n) is 11.0. The Hall–Kier alpha value is -0.180. The van der Waals surface area contributed by atoms with Crippen molar-refractivity contribution in [2.45, 2.75) is 50.0 Å². The van der Waals surface area contributed by atoms with Crippen molar-refractivity contribution < 1.29 is 0 Å². The van der Waals surface area contributed by atoms with Gasteiger partial charge >= 0.3 is 0 Å². The second kappa shape index (κ2) is 6.31. The van der Waals surface area contributed by atoms with Crippen molar-refractivity contribution in [2.24, 2.45) is 0 Å². The van der Waals surface area contributed by atoms with Gasteiger partial charge in [0.25, 0.3) is 0 Å². The first-order chi connectivity index (χ1) is 8.36. The Morgan fingerprint density at radius 2 is 2.11 bits per heavy atom. The van der Waals surface area contributed by atoms with Crippen LogP contribution < -0.4 is 5.32 Å². The van der Waals surface area contributed by atoms with Crippen LogP contribution in [0.2, 0.25) is 0 Å². The van der Waals surface area contributed by atoms with E-state index in [2.05, 4.69) is 24.4 Å². The van der Waals surface area contributed by atoms with Crippen LogP contribution in [0.25, 0.3) is 0 Å². The predicted molar refractivity (Wildman–Crippen MR) is 82.2 cm³/mol. The zero-order chi connectivity index (χ0) is 11.7. The summed E-state index contributed by atoms with van der Waals surface area (Å²) in [5.41, 5.74) is 4.84. The smallest absolute Gasteiger partial charge is 0.0111 e. The summed E-state index contributed by atoms with van der Waals surface area (Å²) in [6.45, 7) is 3.41. The fourth-order valence-electron chi connectivity index (χ4n) is 2.96. The van der Waals surface area contributed by atoms with Crippen LogP contribution in [0.5, 0.6) is 0 Å². The van der Waals surface area contributed by atoms with Gasteiger partial charge in [0.2, 0.25) is 0 Å². The highest BCUT2D eigenvalue weighted by molar-refractivity contribution is 7.99.